The van der Waals surface area contributed by atoms with Gasteiger partial charge in [-0.05, 0) is 20.0 Å². The summed E-state index contributed by atoms with van der Waals surface area (Å²) < 4.78 is 5.28. The highest BCUT2D eigenvalue weighted by Crippen LogP contribution is 2.09. The quantitative estimate of drug-likeness (QED) is 0.661. The number of rotatable bonds is 4. The minimum Gasteiger partial charge on any atom is -0.380 e. The first kappa shape index (κ1) is 9.96. The smallest absolute Gasteiger partial charge is 0.0711 e. The van der Waals surface area contributed by atoms with Crippen LogP contribution in [0.3, 0.4) is 0 Å². The predicted octanol–water partition coefficient (Wildman–Crippen LogP) is 0.315. The van der Waals surface area contributed by atoms with Gasteiger partial charge in [-0.25, -0.2) is 0 Å². The lowest BCUT2D eigenvalue weighted by atomic mass is 10.2. The molecule has 0 unspecified atom stereocenters. The van der Waals surface area contributed by atoms with E-state index >= 15 is 0 Å². The fraction of sp³-hybridized carbons (Fsp3) is 1.00. The summed E-state index contributed by atoms with van der Waals surface area (Å²) in [5.74, 6) is 0. The van der Waals surface area contributed by atoms with Crippen LogP contribution >= 0.6 is 0 Å². The Morgan fingerprint density at radius 3 is 2.83 bits per heavy atom. The van der Waals surface area contributed by atoms with Crippen LogP contribution in [-0.4, -0.2) is 50.8 Å². The Morgan fingerprint density at radius 2 is 2.33 bits per heavy atom. The fourth-order valence-corrected chi connectivity index (χ4v) is 1.61. The molecule has 0 aromatic rings. The summed E-state index contributed by atoms with van der Waals surface area (Å²) in [7, 11) is 3.94. The van der Waals surface area contributed by atoms with Crippen molar-refractivity contribution in [1.82, 2.24) is 10.2 Å². The van der Waals surface area contributed by atoms with Crippen molar-refractivity contribution in [2.45, 2.75) is 25.5 Å². The highest BCUT2D eigenvalue weighted by atomic mass is 16.5. The third-order valence-electron chi connectivity index (χ3n) is 2.59. The molecule has 2 atom stereocenters. The van der Waals surface area contributed by atoms with Crippen LogP contribution in [0, 0.1) is 0 Å². The highest BCUT2D eigenvalue weighted by Gasteiger charge is 2.23. The van der Waals surface area contributed by atoms with Gasteiger partial charge in [-0.3, -0.25) is 0 Å². The first-order valence-electron chi connectivity index (χ1n) is 4.71. The third kappa shape index (κ3) is 2.73. The number of nitrogens with zero attached hydrogens (tertiary/aromatic N) is 1. The van der Waals surface area contributed by atoms with Crippen molar-refractivity contribution in [3.63, 3.8) is 0 Å². The van der Waals surface area contributed by atoms with E-state index in [2.05, 4.69) is 24.2 Å². The molecular formula is C9H20N2O. The summed E-state index contributed by atoms with van der Waals surface area (Å²) in [6.07, 6.45) is 1.58. The van der Waals surface area contributed by atoms with Gasteiger partial charge in [0.05, 0.1) is 6.10 Å². The lowest BCUT2D eigenvalue weighted by Gasteiger charge is -2.18. The molecule has 1 aliphatic heterocycles. The molecule has 12 heavy (non-hydrogen) atoms. The largest absolute Gasteiger partial charge is 0.380 e. The SMILES string of the molecule is CCN(C)C[C@@H]1C[C@H](OC)CN1. The molecule has 0 saturated carbocycles. The van der Waals surface area contributed by atoms with Crippen molar-refractivity contribution in [1.29, 1.82) is 0 Å². The van der Waals surface area contributed by atoms with E-state index < -0.39 is 0 Å². The number of likely N-dealkylation sites (N-methyl/N-ethyl adjacent to an activating group) is 1. The lowest BCUT2D eigenvalue weighted by molar-refractivity contribution is 0.116. The highest BCUT2D eigenvalue weighted by molar-refractivity contribution is 4.83. The number of hydrogen-bond acceptors (Lipinski definition) is 3. The maximum absolute atomic E-state index is 5.28. The monoisotopic (exact) mass is 172 g/mol. The first-order valence-corrected chi connectivity index (χ1v) is 4.71. The minimum absolute atomic E-state index is 0.431. The van der Waals surface area contributed by atoms with Crippen LogP contribution in [0.1, 0.15) is 13.3 Å². The van der Waals surface area contributed by atoms with Crippen LogP contribution in [0.2, 0.25) is 0 Å². The van der Waals surface area contributed by atoms with Crippen LogP contribution in [0.4, 0.5) is 0 Å². The summed E-state index contributed by atoms with van der Waals surface area (Å²) in [5, 5.41) is 3.46. The van der Waals surface area contributed by atoms with E-state index in [4.69, 9.17) is 4.74 Å². The molecule has 3 nitrogen and oxygen atoms in total. The molecule has 0 bridgehead atoms. The standard InChI is InChI=1S/C9H20N2O/c1-4-11(2)7-8-5-9(12-3)6-10-8/h8-10H,4-7H2,1-3H3/t8-,9-/m0/s1. The summed E-state index contributed by atoms with van der Waals surface area (Å²) in [6.45, 7) is 5.45. The summed E-state index contributed by atoms with van der Waals surface area (Å²) >= 11 is 0. The molecule has 1 N–H and O–H groups in total. The van der Waals surface area contributed by atoms with Gasteiger partial charge in [0.25, 0.3) is 0 Å². The second-order valence-electron chi connectivity index (χ2n) is 3.55. The summed E-state index contributed by atoms with van der Waals surface area (Å²) in [5.41, 5.74) is 0. The molecular weight excluding hydrogens is 152 g/mol. The minimum atomic E-state index is 0.431. The molecule has 0 aliphatic carbocycles. The molecule has 0 radical (unpaired) electrons. The number of methoxy groups -OCH3 is 1. The van der Waals surface area contributed by atoms with Crippen molar-refractivity contribution in [3.05, 3.63) is 0 Å². The van der Waals surface area contributed by atoms with E-state index in [1.807, 2.05) is 0 Å². The van der Waals surface area contributed by atoms with Gasteiger partial charge in [-0.1, -0.05) is 6.92 Å². The van der Waals surface area contributed by atoms with Crippen LogP contribution < -0.4 is 5.32 Å². The lowest BCUT2D eigenvalue weighted by Crippen LogP contribution is -2.35. The van der Waals surface area contributed by atoms with Gasteiger partial charge >= 0.3 is 0 Å². The van der Waals surface area contributed by atoms with Crippen molar-refractivity contribution in [3.8, 4) is 0 Å². The molecule has 1 fully saturated rings. The van der Waals surface area contributed by atoms with E-state index in [1.54, 1.807) is 7.11 Å². The normalized spacial score (nSPS) is 30.0. The second-order valence-corrected chi connectivity index (χ2v) is 3.55. The van der Waals surface area contributed by atoms with Crippen LogP contribution in [-0.2, 0) is 4.74 Å². The summed E-state index contributed by atoms with van der Waals surface area (Å²) in [4.78, 5) is 2.33. The van der Waals surface area contributed by atoms with Crippen LogP contribution in [0.25, 0.3) is 0 Å². The topological polar surface area (TPSA) is 24.5 Å². The molecule has 1 saturated heterocycles. The van der Waals surface area contributed by atoms with Gasteiger partial charge in [0.2, 0.25) is 0 Å². The Labute approximate surface area is 75.1 Å². The molecule has 1 aliphatic rings. The summed E-state index contributed by atoms with van der Waals surface area (Å²) in [6, 6.07) is 0.625. The van der Waals surface area contributed by atoms with Crippen molar-refractivity contribution in [2.75, 3.05) is 33.8 Å². The van der Waals surface area contributed by atoms with Gasteiger partial charge in [0.15, 0.2) is 0 Å². The Balaban J connectivity index is 2.18. The first-order chi connectivity index (χ1) is 5.76. The molecule has 1 rings (SSSR count). The average molecular weight is 172 g/mol. The van der Waals surface area contributed by atoms with Crippen molar-refractivity contribution < 1.29 is 4.74 Å². The molecule has 0 aromatic heterocycles. The van der Waals surface area contributed by atoms with Crippen LogP contribution in [0.15, 0.2) is 0 Å². The Morgan fingerprint density at radius 1 is 1.58 bits per heavy atom. The maximum atomic E-state index is 5.28. The Kier molecular flexibility index (Phi) is 3.98. The molecule has 3 heteroatoms. The predicted molar refractivity (Wildman–Crippen MR) is 50.4 cm³/mol. The van der Waals surface area contributed by atoms with Gasteiger partial charge < -0.3 is 15.0 Å². The molecule has 0 spiro atoms. The van der Waals surface area contributed by atoms with Gasteiger partial charge in [-0.2, -0.15) is 0 Å². The fourth-order valence-electron chi connectivity index (χ4n) is 1.61. The number of ether oxygens (including phenoxy) is 1. The second kappa shape index (κ2) is 4.80. The molecule has 72 valence electrons. The van der Waals surface area contributed by atoms with Gasteiger partial charge in [-0.15, -0.1) is 0 Å². The van der Waals surface area contributed by atoms with E-state index in [9.17, 15) is 0 Å². The van der Waals surface area contributed by atoms with Gasteiger partial charge in [0, 0.05) is 26.2 Å². The van der Waals surface area contributed by atoms with Gasteiger partial charge in [0.1, 0.15) is 0 Å². The zero-order valence-electron chi connectivity index (χ0n) is 8.34. The van der Waals surface area contributed by atoms with E-state index in [0.29, 0.717) is 12.1 Å². The zero-order valence-corrected chi connectivity index (χ0v) is 8.34. The molecule has 0 amide bonds. The Hall–Kier alpha value is -0.120. The molecule has 1 heterocycles. The van der Waals surface area contributed by atoms with Crippen LogP contribution in [0.5, 0.6) is 0 Å². The van der Waals surface area contributed by atoms with E-state index in [0.717, 1.165) is 26.1 Å². The number of hydrogen-bond donors (Lipinski definition) is 1. The number of nitrogens with one attached hydrogen (secondary N) is 1. The van der Waals surface area contributed by atoms with Crippen molar-refractivity contribution in [2.24, 2.45) is 0 Å². The molecule has 0 aromatic carbocycles. The maximum Gasteiger partial charge on any atom is 0.0711 e. The third-order valence-corrected chi connectivity index (χ3v) is 2.59. The van der Waals surface area contributed by atoms with E-state index in [1.165, 1.54) is 0 Å². The van der Waals surface area contributed by atoms with E-state index in [-0.39, 0.29) is 0 Å². The average Bonchev–Trinajstić information content (AvgIpc) is 2.52. The zero-order chi connectivity index (χ0) is 8.97. The van der Waals surface area contributed by atoms with Crippen molar-refractivity contribution >= 4 is 0 Å². The Bertz CT molecular complexity index is 130.